The number of guanidine groups is 1. The molecule has 18 heavy (non-hydrogen) atoms. The molecule has 0 aliphatic rings. The van der Waals surface area contributed by atoms with Gasteiger partial charge in [0.2, 0.25) is 0 Å². The van der Waals surface area contributed by atoms with Crippen LogP contribution in [0.25, 0.3) is 0 Å². The minimum absolute atomic E-state index is 0.513. The predicted molar refractivity (Wildman–Crippen MR) is 80.1 cm³/mol. The topological polar surface area (TPSA) is 50.4 Å². The van der Waals surface area contributed by atoms with Crippen LogP contribution in [0.1, 0.15) is 38.8 Å². The van der Waals surface area contributed by atoms with Gasteiger partial charge in [-0.05, 0) is 29.9 Å². The number of hydrogen-bond acceptors (Lipinski definition) is 1. The van der Waals surface area contributed by atoms with Crippen LogP contribution in [0.15, 0.2) is 23.2 Å². The van der Waals surface area contributed by atoms with Gasteiger partial charge in [-0.3, -0.25) is 4.99 Å². The molecule has 0 spiro atoms. The summed E-state index contributed by atoms with van der Waals surface area (Å²) in [6, 6.07) is 6.37. The Morgan fingerprint density at radius 3 is 2.22 bits per heavy atom. The molecule has 0 amide bonds. The Labute approximate surface area is 111 Å². The summed E-state index contributed by atoms with van der Waals surface area (Å²) in [5.74, 6) is 1.04. The number of benzene rings is 1. The second kappa shape index (κ2) is 7.04. The smallest absolute Gasteiger partial charge is 0.193 e. The number of rotatable bonds is 5. The van der Waals surface area contributed by atoms with E-state index in [1.165, 1.54) is 11.1 Å². The zero-order chi connectivity index (χ0) is 13.5. The van der Waals surface area contributed by atoms with Gasteiger partial charge < -0.3 is 11.1 Å². The van der Waals surface area contributed by atoms with Crippen molar-refractivity contribution in [2.24, 2.45) is 16.6 Å². The van der Waals surface area contributed by atoms with E-state index in [0.717, 1.165) is 25.1 Å². The first-order chi connectivity index (χ1) is 8.58. The highest BCUT2D eigenvalue weighted by atomic mass is 15.1. The van der Waals surface area contributed by atoms with E-state index < -0.39 is 0 Å². The van der Waals surface area contributed by atoms with Gasteiger partial charge >= 0.3 is 0 Å². The summed E-state index contributed by atoms with van der Waals surface area (Å²) in [6.45, 7) is 9.33. The van der Waals surface area contributed by atoms with Crippen molar-refractivity contribution < 1.29 is 0 Å². The second-order valence-electron chi connectivity index (χ2n) is 4.90. The number of nitrogens with zero attached hydrogens (tertiary/aromatic N) is 1. The average Bonchev–Trinajstić information content (AvgIpc) is 2.36. The monoisotopic (exact) mass is 247 g/mol. The molecule has 0 saturated carbocycles. The Balaban J connectivity index is 2.91. The summed E-state index contributed by atoms with van der Waals surface area (Å²) in [5.41, 5.74) is 9.65. The van der Waals surface area contributed by atoms with Gasteiger partial charge in [-0.15, -0.1) is 0 Å². The van der Waals surface area contributed by atoms with Crippen LogP contribution in [0.2, 0.25) is 0 Å². The normalized spacial score (nSPS) is 11.9. The summed E-state index contributed by atoms with van der Waals surface area (Å²) in [6.07, 6.45) is 1.99. The Kier molecular flexibility index (Phi) is 5.69. The van der Waals surface area contributed by atoms with Gasteiger partial charge in [0.25, 0.3) is 0 Å². The number of nitrogens with one attached hydrogen (secondary N) is 1. The van der Waals surface area contributed by atoms with E-state index in [1.807, 2.05) is 0 Å². The van der Waals surface area contributed by atoms with Crippen molar-refractivity contribution in [3.63, 3.8) is 0 Å². The standard InChI is InChI=1S/C15H25N3/c1-5-12-8-7-9-13(6-2)14(12)18-15(16)17-10-11(3)4/h7-9,11H,5-6,10H2,1-4H3,(H3,16,17,18). The average molecular weight is 247 g/mol. The molecule has 3 N–H and O–H groups in total. The molecule has 0 aromatic heterocycles. The quantitative estimate of drug-likeness (QED) is 0.620. The van der Waals surface area contributed by atoms with Crippen LogP contribution in [0.5, 0.6) is 0 Å². The van der Waals surface area contributed by atoms with Crippen molar-refractivity contribution >= 4 is 11.6 Å². The summed E-state index contributed by atoms with van der Waals surface area (Å²) < 4.78 is 0. The maximum absolute atomic E-state index is 5.94. The van der Waals surface area contributed by atoms with E-state index >= 15 is 0 Å². The molecular formula is C15H25N3. The Bertz CT molecular complexity index is 386. The van der Waals surface area contributed by atoms with Crippen LogP contribution >= 0.6 is 0 Å². The molecule has 3 heteroatoms. The third-order valence-corrected chi connectivity index (χ3v) is 2.88. The van der Waals surface area contributed by atoms with Crippen LogP contribution < -0.4 is 11.1 Å². The highest BCUT2D eigenvalue weighted by Gasteiger charge is 2.06. The molecule has 0 unspecified atom stereocenters. The van der Waals surface area contributed by atoms with Gasteiger partial charge in [0.05, 0.1) is 0 Å². The molecule has 0 radical (unpaired) electrons. The maximum atomic E-state index is 5.94. The molecule has 3 nitrogen and oxygen atoms in total. The number of hydrogen-bond donors (Lipinski definition) is 2. The molecule has 1 rings (SSSR count). The summed E-state index contributed by atoms with van der Waals surface area (Å²) in [4.78, 5) is 4.35. The lowest BCUT2D eigenvalue weighted by Crippen LogP contribution is -2.24. The van der Waals surface area contributed by atoms with E-state index in [-0.39, 0.29) is 0 Å². The van der Waals surface area contributed by atoms with Crippen molar-refractivity contribution in [2.75, 3.05) is 11.9 Å². The lowest BCUT2D eigenvalue weighted by molar-refractivity contribution is 0.665. The Hall–Kier alpha value is -1.51. The van der Waals surface area contributed by atoms with Crippen molar-refractivity contribution in [1.82, 2.24) is 0 Å². The van der Waals surface area contributed by atoms with E-state index in [1.54, 1.807) is 0 Å². The molecule has 1 aromatic rings. The summed E-state index contributed by atoms with van der Waals surface area (Å²) in [7, 11) is 0. The molecule has 0 heterocycles. The first-order valence-electron chi connectivity index (χ1n) is 6.76. The van der Waals surface area contributed by atoms with Crippen molar-refractivity contribution in [2.45, 2.75) is 40.5 Å². The summed E-state index contributed by atoms with van der Waals surface area (Å²) in [5, 5.41) is 3.26. The fraction of sp³-hybridized carbons (Fsp3) is 0.533. The highest BCUT2D eigenvalue weighted by molar-refractivity contribution is 5.93. The molecule has 0 bridgehead atoms. The molecule has 0 fully saturated rings. The number of aryl methyl sites for hydroxylation is 2. The Morgan fingerprint density at radius 1 is 1.22 bits per heavy atom. The van der Waals surface area contributed by atoms with Crippen LogP contribution in [0.4, 0.5) is 5.69 Å². The fourth-order valence-corrected chi connectivity index (χ4v) is 1.85. The van der Waals surface area contributed by atoms with E-state index in [4.69, 9.17) is 5.73 Å². The molecule has 0 saturated heterocycles. The lowest BCUT2D eigenvalue weighted by Gasteiger charge is -2.15. The van der Waals surface area contributed by atoms with Gasteiger partial charge in [0.15, 0.2) is 5.96 Å². The van der Waals surface area contributed by atoms with E-state index in [2.05, 4.69) is 56.2 Å². The van der Waals surface area contributed by atoms with Crippen LogP contribution in [0.3, 0.4) is 0 Å². The van der Waals surface area contributed by atoms with Gasteiger partial charge in [-0.1, -0.05) is 45.9 Å². The molecular weight excluding hydrogens is 222 g/mol. The van der Waals surface area contributed by atoms with Crippen LogP contribution in [-0.2, 0) is 12.8 Å². The summed E-state index contributed by atoms with van der Waals surface area (Å²) >= 11 is 0. The first-order valence-corrected chi connectivity index (χ1v) is 6.76. The molecule has 0 atom stereocenters. The fourth-order valence-electron chi connectivity index (χ4n) is 1.85. The lowest BCUT2D eigenvalue weighted by atomic mass is 10.0. The number of aliphatic imine (C=N–C) groups is 1. The molecule has 100 valence electrons. The number of para-hydroxylation sites is 1. The van der Waals surface area contributed by atoms with E-state index in [9.17, 15) is 0 Å². The predicted octanol–water partition coefficient (Wildman–Crippen LogP) is 3.19. The van der Waals surface area contributed by atoms with Crippen molar-refractivity contribution in [3.05, 3.63) is 29.3 Å². The molecule has 1 aromatic carbocycles. The van der Waals surface area contributed by atoms with Gasteiger partial charge in [-0.2, -0.15) is 0 Å². The maximum Gasteiger partial charge on any atom is 0.193 e. The number of anilines is 1. The van der Waals surface area contributed by atoms with E-state index in [0.29, 0.717) is 11.9 Å². The molecule has 0 aliphatic heterocycles. The third-order valence-electron chi connectivity index (χ3n) is 2.88. The van der Waals surface area contributed by atoms with Gasteiger partial charge in [-0.25, -0.2) is 0 Å². The highest BCUT2D eigenvalue weighted by Crippen LogP contribution is 2.22. The zero-order valence-electron chi connectivity index (χ0n) is 12.0. The zero-order valence-corrected chi connectivity index (χ0v) is 12.0. The minimum Gasteiger partial charge on any atom is -0.370 e. The Morgan fingerprint density at radius 2 is 1.78 bits per heavy atom. The van der Waals surface area contributed by atoms with Crippen LogP contribution in [-0.4, -0.2) is 12.5 Å². The molecule has 0 aliphatic carbocycles. The first kappa shape index (κ1) is 14.6. The van der Waals surface area contributed by atoms with Crippen LogP contribution in [0, 0.1) is 5.92 Å². The van der Waals surface area contributed by atoms with Crippen molar-refractivity contribution in [1.29, 1.82) is 0 Å². The second-order valence-corrected chi connectivity index (χ2v) is 4.90. The number of nitrogens with two attached hydrogens (primary N) is 1. The van der Waals surface area contributed by atoms with Gasteiger partial charge in [0.1, 0.15) is 0 Å². The van der Waals surface area contributed by atoms with Crippen molar-refractivity contribution in [3.8, 4) is 0 Å². The SMILES string of the molecule is CCc1cccc(CC)c1NC(N)=NCC(C)C. The van der Waals surface area contributed by atoms with Gasteiger partial charge in [0, 0.05) is 12.2 Å². The largest absolute Gasteiger partial charge is 0.370 e. The minimum atomic E-state index is 0.513. The third kappa shape index (κ3) is 4.06.